The summed E-state index contributed by atoms with van der Waals surface area (Å²) in [6, 6.07) is 5.41. The lowest BCUT2D eigenvalue weighted by atomic mass is 9.98. The first-order valence-corrected chi connectivity index (χ1v) is 12.0. The Kier molecular flexibility index (Phi) is 10.1. The fourth-order valence-corrected chi connectivity index (χ4v) is 4.06. The number of carbonyl (C=O) groups excluding carboxylic acids is 1. The molecule has 1 atom stereocenters. The third-order valence-corrected chi connectivity index (χ3v) is 5.77. The molecule has 13 heteroatoms. The van der Waals surface area contributed by atoms with E-state index in [4.69, 9.17) is 15.2 Å². The molecule has 0 radical (unpaired) electrons. The van der Waals surface area contributed by atoms with Crippen molar-refractivity contribution in [2.75, 3.05) is 24.8 Å². The molecule has 37 heavy (non-hydrogen) atoms. The predicted molar refractivity (Wildman–Crippen MR) is 134 cm³/mol. The molecule has 2 heterocycles. The van der Waals surface area contributed by atoms with E-state index in [1.165, 1.54) is 0 Å². The highest BCUT2D eigenvalue weighted by molar-refractivity contribution is 5.68. The van der Waals surface area contributed by atoms with Crippen molar-refractivity contribution in [1.29, 1.82) is 0 Å². The molecular weight excluding hydrogens is 480 g/mol. The first-order chi connectivity index (χ1) is 17.9. The molecule has 0 bridgehead atoms. The number of carboxylic acid groups (broad SMARTS) is 1. The fraction of sp³-hybridized carbons (Fsp3) is 0.458. The summed E-state index contributed by atoms with van der Waals surface area (Å²) in [7, 11) is 1.59. The number of carbonyl (C=O) groups is 2. The van der Waals surface area contributed by atoms with Crippen molar-refractivity contribution in [2.45, 2.75) is 57.9 Å². The number of nitrogens with one attached hydrogen (secondary N) is 2. The van der Waals surface area contributed by atoms with E-state index in [9.17, 15) is 14.7 Å². The van der Waals surface area contributed by atoms with Crippen LogP contribution in [0.1, 0.15) is 60.8 Å². The minimum Gasteiger partial charge on any atom is -0.496 e. The lowest BCUT2D eigenvalue weighted by molar-refractivity contribution is -0.137. The van der Waals surface area contributed by atoms with Crippen LogP contribution >= 0.6 is 0 Å². The van der Waals surface area contributed by atoms with Crippen molar-refractivity contribution in [2.24, 2.45) is 0 Å². The van der Waals surface area contributed by atoms with E-state index >= 15 is 0 Å². The van der Waals surface area contributed by atoms with Crippen molar-refractivity contribution in [1.82, 2.24) is 30.6 Å². The second-order valence-electron chi connectivity index (χ2n) is 8.48. The number of hydrogen-bond acceptors (Lipinski definition) is 11. The van der Waals surface area contributed by atoms with Gasteiger partial charge in [0.15, 0.2) is 5.82 Å². The summed E-state index contributed by atoms with van der Waals surface area (Å²) in [4.78, 5) is 31.1. The van der Waals surface area contributed by atoms with Gasteiger partial charge in [0.1, 0.15) is 11.6 Å². The Morgan fingerprint density at radius 1 is 1.30 bits per heavy atom. The Labute approximate surface area is 214 Å². The smallest absolute Gasteiger partial charge is 0.305 e. The van der Waals surface area contributed by atoms with Crippen molar-refractivity contribution < 1.29 is 24.2 Å². The molecule has 0 spiro atoms. The fourth-order valence-electron chi connectivity index (χ4n) is 4.06. The summed E-state index contributed by atoms with van der Waals surface area (Å²) in [5.74, 6) is 0.778. The van der Waals surface area contributed by atoms with Gasteiger partial charge in [-0.1, -0.05) is 37.1 Å². The predicted octanol–water partition coefficient (Wildman–Crippen LogP) is 1.92. The van der Waals surface area contributed by atoms with Crippen molar-refractivity contribution >= 4 is 24.2 Å². The number of benzene rings is 1. The Morgan fingerprint density at radius 2 is 2.14 bits per heavy atom. The third kappa shape index (κ3) is 8.12. The van der Waals surface area contributed by atoms with E-state index in [0.717, 1.165) is 24.0 Å². The minimum absolute atomic E-state index is 0.0368. The van der Waals surface area contributed by atoms with Gasteiger partial charge < -0.3 is 25.6 Å². The molecule has 0 amide bonds. The van der Waals surface area contributed by atoms with Crippen LogP contribution in [0.15, 0.2) is 18.2 Å². The summed E-state index contributed by atoms with van der Waals surface area (Å²) < 4.78 is 10.5. The molecule has 3 aromatic rings. The van der Waals surface area contributed by atoms with E-state index in [2.05, 4.69) is 35.9 Å². The molecule has 198 valence electrons. The number of nitrogen functional groups attached to an aromatic ring is 1. The van der Waals surface area contributed by atoms with Gasteiger partial charge in [-0.15, -0.1) is 10.2 Å². The molecule has 0 saturated heterocycles. The number of aliphatic carboxylic acids is 1. The monoisotopic (exact) mass is 512 g/mol. The van der Waals surface area contributed by atoms with E-state index in [-0.39, 0.29) is 25.0 Å². The van der Waals surface area contributed by atoms with Gasteiger partial charge in [-0.05, 0) is 23.6 Å². The standard InChI is InChI=1S/C24H32N8O5/c1-3-4-5-17(13-22(34)35)26-23-18(19(8-9-37-14-33)27-24(25)28-23)12-16-10-15(6-7-20(16)36-2)11-21-29-31-32-30-21/h6-7,10,14,17H,3-5,8-9,11-13H2,1-2H3,(H,34,35)(H3,25,26,27,28)(H,29,30,31,32)/t17-/m0/s1. The maximum absolute atomic E-state index is 11.5. The quantitative estimate of drug-likeness (QED) is 0.161. The number of rotatable bonds is 16. The molecule has 5 N–H and O–H groups in total. The summed E-state index contributed by atoms with van der Waals surface area (Å²) in [6.07, 6.45) is 3.49. The number of methoxy groups -OCH3 is 1. The van der Waals surface area contributed by atoms with Gasteiger partial charge in [0, 0.05) is 30.9 Å². The molecule has 0 aliphatic carbocycles. The van der Waals surface area contributed by atoms with Crippen molar-refractivity contribution in [3.05, 3.63) is 46.4 Å². The van der Waals surface area contributed by atoms with Gasteiger partial charge in [0.2, 0.25) is 5.95 Å². The molecule has 0 aliphatic heterocycles. The van der Waals surface area contributed by atoms with Crippen LogP contribution in [0.4, 0.5) is 11.8 Å². The first kappa shape index (κ1) is 27.3. The van der Waals surface area contributed by atoms with E-state index < -0.39 is 5.97 Å². The number of anilines is 2. The van der Waals surface area contributed by atoms with E-state index in [1.54, 1.807) is 7.11 Å². The molecular formula is C24H32N8O5. The maximum Gasteiger partial charge on any atom is 0.305 e. The number of nitrogens with two attached hydrogens (primary N) is 1. The van der Waals surface area contributed by atoms with Gasteiger partial charge in [-0.2, -0.15) is 10.2 Å². The summed E-state index contributed by atoms with van der Waals surface area (Å²) >= 11 is 0. The van der Waals surface area contributed by atoms with E-state index in [0.29, 0.717) is 60.8 Å². The molecule has 2 aromatic heterocycles. The Hall–Kier alpha value is -4.29. The highest BCUT2D eigenvalue weighted by atomic mass is 16.5. The SMILES string of the molecule is CCCC[C@@H](CC(=O)O)Nc1nc(N)nc(CCOC=O)c1Cc1cc(Cc2nn[nH]n2)ccc1OC. The average Bonchev–Trinajstić information content (AvgIpc) is 3.37. The lowest BCUT2D eigenvalue weighted by Crippen LogP contribution is -2.25. The van der Waals surface area contributed by atoms with Crippen LogP contribution in [0.3, 0.4) is 0 Å². The molecule has 0 fully saturated rings. The number of nitrogens with zero attached hydrogens (tertiary/aromatic N) is 5. The molecule has 1 aromatic carbocycles. The van der Waals surface area contributed by atoms with Crippen LogP contribution in [0.5, 0.6) is 5.75 Å². The lowest BCUT2D eigenvalue weighted by Gasteiger charge is -2.22. The zero-order chi connectivity index (χ0) is 26.6. The Bertz CT molecular complexity index is 1170. The largest absolute Gasteiger partial charge is 0.496 e. The van der Waals surface area contributed by atoms with Crippen LogP contribution in [-0.4, -0.2) is 67.9 Å². The summed E-state index contributed by atoms with van der Waals surface area (Å²) in [5.41, 5.74) is 9.12. The Morgan fingerprint density at radius 3 is 2.81 bits per heavy atom. The number of aromatic amines is 1. The summed E-state index contributed by atoms with van der Waals surface area (Å²) in [5, 5.41) is 26.8. The number of carboxylic acids is 1. The Balaban J connectivity index is 2.01. The molecule has 13 nitrogen and oxygen atoms in total. The van der Waals surface area contributed by atoms with Crippen LogP contribution in [0.2, 0.25) is 0 Å². The zero-order valence-electron chi connectivity index (χ0n) is 20.9. The first-order valence-electron chi connectivity index (χ1n) is 12.0. The second kappa shape index (κ2) is 13.7. The zero-order valence-corrected chi connectivity index (χ0v) is 20.9. The van der Waals surface area contributed by atoms with Crippen molar-refractivity contribution in [3.63, 3.8) is 0 Å². The van der Waals surface area contributed by atoms with Gasteiger partial charge in [0.25, 0.3) is 6.47 Å². The molecule has 0 saturated carbocycles. The highest BCUT2D eigenvalue weighted by Gasteiger charge is 2.21. The highest BCUT2D eigenvalue weighted by Crippen LogP contribution is 2.29. The normalized spacial score (nSPS) is 11.6. The summed E-state index contributed by atoms with van der Waals surface area (Å²) in [6.45, 7) is 2.53. The molecule has 3 rings (SSSR count). The minimum atomic E-state index is -0.910. The number of unbranched alkanes of at least 4 members (excludes halogenated alkanes) is 1. The number of aromatic nitrogens is 6. The number of tetrazole rings is 1. The number of hydrogen-bond donors (Lipinski definition) is 4. The third-order valence-electron chi connectivity index (χ3n) is 5.77. The average molecular weight is 513 g/mol. The molecule has 0 unspecified atom stereocenters. The van der Waals surface area contributed by atoms with Crippen LogP contribution in [-0.2, 0) is 33.6 Å². The number of H-pyrrole nitrogens is 1. The van der Waals surface area contributed by atoms with Crippen LogP contribution in [0.25, 0.3) is 0 Å². The van der Waals surface area contributed by atoms with Crippen molar-refractivity contribution in [3.8, 4) is 5.75 Å². The number of ether oxygens (including phenoxy) is 2. The van der Waals surface area contributed by atoms with Crippen LogP contribution in [0, 0.1) is 0 Å². The van der Waals surface area contributed by atoms with Gasteiger partial charge in [0.05, 0.1) is 25.8 Å². The van der Waals surface area contributed by atoms with Crippen LogP contribution < -0.4 is 15.8 Å². The second-order valence-corrected chi connectivity index (χ2v) is 8.48. The van der Waals surface area contributed by atoms with E-state index in [1.807, 2.05) is 25.1 Å². The van der Waals surface area contributed by atoms with Gasteiger partial charge in [-0.25, -0.2) is 4.98 Å². The topological polar surface area (TPSA) is 191 Å². The maximum atomic E-state index is 11.5. The molecule has 0 aliphatic rings. The van der Waals surface area contributed by atoms with Gasteiger partial charge in [-0.3, -0.25) is 9.59 Å². The van der Waals surface area contributed by atoms with Gasteiger partial charge >= 0.3 is 5.97 Å².